The van der Waals surface area contributed by atoms with Crippen molar-refractivity contribution in [3.63, 3.8) is 0 Å². The molecule has 0 aliphatic heterocycles. The van der Waals surface area contributed by atoms with Crippen LogP contribution in [0.25, 0.3) is 0 Å². The number of nitrogens with two attached hydrogens (primary N) is 1. The first-order valence-corrected chi connectivity index (χ1v) is 5.76. The third-order valence-electron chi connectivity index (χ3n) is 2.54. The second kappa shape index (κ2) is 5.85. The van der Waals surface area contributed by atoms with Crippen molar-refractivity contribution in [1.29, 1.82) is 0 Å². The molecule has 0 spiro atoms. The molecule has 2 aromatic rings. The molecule has 19 heavy (non-hydrogen) atoms. The van der Waals surface area contributed by atoms with Gasteiger partial charge in [0.05, 0.1) is 7.11 Å². The van der Waals surface area contributed by atoms with E-state index < -0.39 is 0 Å². The van der Waals surface area contributed by atoms with Gasteiger partial charge in [-0.3, -0.25) is 9.89 Å². The van der Waals surface area contributed by atoms with Gasteiger partial charge in [0, 0.05) is 30.3 Å². The highest BCUT2D eigenvalue weighted by atomic mass is 16.5. The number of ether oxygens (including phenoxy) is 1. The van der Waals surface area contributed by atoms with Gasteiger partial charge in [0.15, 0.2) is 0 Å². The zero-order valence-corrected chi connectivity index (χ0v) is 10.5. The van der Waals surface area contributed by atoms with Gasteiger partial charge in [0.2, 0.25) is 0 Å². The van der Waals surface area contributed by atoms with Crippen LogP contribution in [0.5, 0.6) is 5.75 Å². The van der Waals surface area contributed by atoms with Crippen LogP contribution in [-0.2, 0) is 6.42 Å². The molecular formula is C12H15N5O2. The van der Waals surface area contributed by atoms with E-state index in [0.717, 1.165) is 5.82 Å². The van der Waals surface area contributed by atoms with Gasteiger partial charge in [-0.15, -0.1) is 0 Å². The van der Waals surface area contributed by atoms with Gasteiger partial charge < -0.3 is 15.8 Å². The number of nitrogen functional groups attached to an aromatic ring is 1. The van der Waals surface area contributed by atoms with Crippen LogP contribution < -0.4 is 15.8 Å². The van der Waals surface area contributed by atoms with Crippen LogP contribution in [-0.4, -0.2) is 34.7 Å². The summed E-state index contributed by atoms with van der Waals surface area (Å²) >= 11 is 0. The van der Waals surface area contributed by atoms with E-state index in [4.69, 9.17) is 10.5 Å². The maximum absolute atomic E-state index is 11.9. The van der Waals surface area contributed by atoms with Crippen LogP contribution in [0.2, 0.25) is 0 Å². The third-order valence-corrected chi connectivity index (χ3v) is 2.54. The van der Waals surface area contributed by atoms with Crippen LogP contribution in [0.3, 0.4) is 0 Å². The minimum Gasteiger partial charge on any atom is -0.497 e. The zero-order valence-electron chi connectivity index (χ0n) is 10.5. The fraction of sp³-hybridized carbons (Fsp3) is 0.250. The lowest BCUT2D eigenvalue weighted by Crippen LogP contribution is -2.26. The van der Waals surface area contributed by atoms with E-state index in [1.807, 2.05) is 0 Å². The van der Waals surface area contributed by atoms with Crippen LogP contribution in [0, 0.1) is 0 Å². The number of methoxy groups -OCH3 is 1. The normalized spacial score (nSPS) is 10.2. The van der Waals surface area contributed by atoms with Gasteiger partial charge in [-0.1, -0.05) is 0 Å². The van der Waals surface area contributed by atoms with E-state index >= 15 is 0 Å². The molecule has 0 radical (unpaired) electrons. The Bertz CT molecular complexity index is 553. The number of hydrogen-bond acceptors (Lipinski definition) is 5. The van der Waals surface area contributed by atoms with E-state index in [1.165, 1.54) is 13.4 Å². The van der Waals surface area contributed by atoms with Crippen molar-refractivity contribution in [3.05, 3.63) is 35.9 Å². The number of nitrogens with one attached hydrogen (secondary N) is 2. The minimum atomic E-state index is -0.204. The highest BCUT2D eigenvalue weighted by molar-refractivity contribution is 5.95. The number of carbonyl (C=O) groups excluding carboxylic acids is 1. The van der Waals surface area contributed by atoms with Crippen molar-refractivity contribution in [3.8, 4) is 5.75 Å². The number of aromatic amines is 1. The molecule has 7 heteroatoms. The number of rotatable bonds is 5. The van der Waals surface area contributed by atoms with Gasteiger partial charge >= 0.3 is 0 Å². The first-order chi connectivity index (χ1) is 9.19. The Morgan fingerprint density at radius 2 is 2.32 bits per heavy atom. The molecule has 1 aromatic carbocycles. The molecule has 0 atom stereocenters. The Labute approximate surface area is 110 Å². The molecule has 0 aliphatic carbocycles. The summed E-state index contributed by atoms with van der Waals surface area (Å²) in [5, 5.41) is 9.23. The molecule has 0 aliphatic rings. The second-order valence-electron chi connectivity index (χ2n) is 3.93. The van der Waals surface area contributed by atoms with Crippen molar-refractivity contribution >= 4 is 11.6 Å². The molecule has 0 fully saturated rings. The minimum absolute atomic E-state index is 0.204. The van der Waals surface area contributed by atoms with Gasteiger partial charge in [0.1, 0.15) is 17.9 Å². The van der Waals surface area contributed by atoms with Gasteiger partial charge in [-0.2, -0.15) is 5.10 Å². The molecule has 0 saturated heterocycles. The van der Waals surface area contributed by atoms with E-state index in [9.17, 15) is 4.79 Å². The largest absolute Gasteiger partial charge is 0.497 e. The number of H-pyrrole nitrogens is 1. The van der Waals surface area contributed by atoms with Crippen molar-refractivity contribution < 1.29 is 9.53 Å². The van der Waals surface area contributed by atoms with Crippen LogP contribution >= 0.6 is 0 Å². The van der Waals surface area contributed by atoms with Crippen molar-refractivity contribution in [2.75, 3.05) is 19.4 Å². The first kappa shape index (κ1) is 12.9. The van der Waals surface area contributed by atoms with Gasteiger partial charge in [-0.25, -0.2) is 4.98 Å². The van der Waals surface area contributed by atoms with E-state index in [2.05, 4.69) is 20.5 Å². The van der Waals surface area contributed by atoms with Crippen LogP contribution in [0.1, 0.15) is 16.2 Å². The summed E-state index contributed by atoms with van der Waals surface area (Å²) in [6, 6.07) is 4.90. The van der Waals surface area contributed by atoms with Crippen molar-refractivity contribution in [1.82, 2.24) is 20.5 Å². The number of hydrogen-bond donors (Lipinski definition) is 3. The lowest BCUT2D eigenvalue weighted by Gasteiger charge is -2.07. The summed E-state index contributed by atoms with van der Waals surface area (Å²) in [6.45, 7) is 0.463. The maximum Gasteiger partial charge on any atom is 0.251 e. The Morgan fingerprint density at radius 1 is 1.47 bits per heavy atom. The monoisotopic (exact) mass is 261 g/mol. The summed E-state index contributed by atoms with van der Waals surface area (Å²) < 4.78 is 5.07. The number of benzene rings is 1. The second-order valence-corrected chi connectivity index (χ2v) is 3.93. The summed E-state index contributed by atoms with van der Waals surface area (Å²) in [6.07, 6.45) is 2.02. The smallest absolute Gasteiger partial charge is 0.251 e. The van der Waals surface area contributed by atoms with Crippen LogP contribution in [0.15, 0.2) is 24.5 Å². The molecule has 1 aromatic heterocycles. The molecule has 2 rings (SSSR count). The Balaban J connectivity index is 1.94. The molecule has 7 nitrogen and oxygen atoms in total. The quantitative estimate of drug-likeness (QED) is 0.674. The van der Waals surface area contributed by atoms with Crippen molar-refractivity contribution in [2.45, 2.75) is 6.42 Å². The summed E-state index contributed by atoms with van der Waals surface area (Å²) in [4.78, 5) is 15.9. The predicted molar refractivity (Wildman–Crippen MR) is 69.8 cm³/mol. The molecule has 0 unspecified atom stereocenters. The molecule has 4 N–H and O–H groups in total. The third kappa shape index (κ3) is 3.44. The Morgan fingerprint density at radius 3 is 3.00 bits per heavy atom. The van der Waals surface area contributed by atoms with Crippen LogP contribution in [0.4, 0.5) is 5.69 Å². The average molecular weight is 261 g/mol. The van der Waals surface area contributed by atoms with Crippen molar-refractivity contribution in [2.24, 2.45) is 0 Å². The molecule has 1 amide bonds. The molecule has 1 heterocycles. The topological polar surface area (TPSA) is 106 Å². The maximum atomic E-state index is 11.9. The molecule has 0 bridgehead atoms. The number of carbonyl (C=O) groups is 1. The first-order valence-electron chi connectivity index (χ1n) is 5.76. The zero-order chi connectivity index (χ0) is 13.7. The summed E-state index contributed by atoms with van der Waals surface area (Å²) in [5.41, 5.74) is 6.65. The number of anilines is 1. The van der Waals surface area contributed by atoms with E-state index in [1.54, 1.807) is 18.2 Å². The Hall–Kier alpha value is -2.57. The lowest BCUT2D eigenvalue weighted by atomic mass is 10.1. The number of amides is 1. The van der Waals surface area contributed by atoms with E-state index in [-0.39, 0.29) is 5.91 Å². The summed E-state index contributed by atoms with van der Waals surface area (Å²) in [5.74, 6) is 1.08. The predicted octanol–water partition coefficient (Wildman–Crippen LogP) is 0.368. The van der Waals surface area contributed by atoms with E-state index in [0.29, 0.717) is 30.0 Å². The highest BCUT2D eigenvalue weighted by Gasteiger charge is 2.08. The van der Waals surface area contributed by atoms with Gasteiger partial charge in [0.25, 0.3) is 5.91 Å². The fourth-order valence-corrected chi connectivity index (χ4v) is 1.62. The standard InChI is InChI=1S/C12H15N5O2/c1-19-10-5-8(4-9(13)6-10)12(18)14-3-2-11-15-7-16-17-11/h4-7H,2-3,13H2,1H3,(H,14,18)(H,15,16,17). The molecule has 100 valence electrons. The molecular weight excluding hydrogens is 246 g/mol. The lowest BCUT2D eigenvalue weighted by molar-refractivity contribution is 0.0953. The molecule has 0 saturated carbocycles. The SMILES string of the molecule is COc1cc(N)cc(C(=O)NCCc2ncn[nH]2)c1. The van der Waals surface area contributed by atoms with Gasteiger partial charge in [-0.05, 0) is 12.1 Å². The summed E-state index contributed by atoms with van der Waals surface area (Å²) in [7, 11) is 1.53. The number of aromatic nitrogens is 3. The average Bonchev–Trinajstić information content (AvgIpc) is 2.91. The highest BCUT2D eigenvalue weighted by Crippen LogP contribution is 2.18. The number of nitrogens with zero attached hydrogens (tertiary/aromatic N) is 2. The fourth-order valence-electron chi connectivity index (χ4n) is 1.62. The Kier molecular flexibility index (Phi) is 3.97.